The highest BCUT2D eigenvalue weighted by Gasteiger charge is 2.48. The smallest absolute Gasteiger partial charge is 0.326 e. The highest BCUT2D eigenvalue weighted by molar-refractivity contribution is 7.09. The number of nitrogens with one attached hydrogen (secondary N) is 1. The summed E-state index contributed by atoms with van der Waals surface area (Å²) in [5, 5.41) is 6.57. The number of thiazole rings is 1. The third kappa shape index (κ3) is 4.04. The van der Waals surface area contributed by atoms with Crippen molar-refractivity contribution in [2.75, 3.05) is 0 Å². The van der Waals surface area contributed by atoms with E-state index in [2.05, 4.69) is 24.1 Å². The van der Waals surface area contributed by atoms with Gasteiger partial charge in [0.05, 0.1) is 6.04 Å². The van der Waals surface area contributed by atoms with Gasteiger partial charge in [-0.1, -0.05) is 13.8 Å². The zero-order valence-electron chi connectivity index (χ0n) is 13.6. The molecule has 0 unspecified atom stereocenters. The summed E-state index contributed by atoms with van der Waals surface area (Å²) in [5.41, 5.74) is -1.03. The quantitative estimate of drug-likeness (QED) is 0.862. The van der Waals surface area contributed by atoms with E-state index in [1.807, 2.05) is 32.3 Å². The molecule has 4 nitrogen and oxygen atoms in total. The van der Waals surface area contributed by atoms with Crippen LogP contribution in [0.15, 0.2) is 11.6 Å². The molecule has 1 aromatic rings. The molecule has 5 heteroatoms. The Bertz CT molecular complexity index is 479. The van der Waals surface area contributed by atoms with Crippen LogP contribution < -0.4 is 5.32 Å². The summed E-state index contributed by atoms with van der Waals surface area (Å²) in [6, 6.07) is 0.163. The van der Waals surface area contributed by atoms with Gasteiger partial charge in [-0.15, -0.1) is 11.3 Å². The lowest BCUT2D eigenvalue weighted by molar-refractivity contribution is -0.163. The van der Waals surface area contributed by atoms with E-state index in [0.29, 0.717) is 5.92 Å². The van der Waals surface area contributed by atoms with Crippen LogP contribution >= 0.6 is 11.3 Å². The van der Waals surface area contributed by atoms with Crippen molar-refractivity contribution < 1.29 is 9.53 Å². The minimum absolute atomic E-state index is 0.122. The molecule has 0 bridgehead atoms. The fraction of sp³-hybridized carbons (Fsp3) is 0.750. The summed E-state index contributed by atoms with van der Waals surface area (Å²) >= 11 is 1.64. The number of carbonyl (C=O) groups is 1. The molecule has 118 valence electrons. The van der Waals surface area contributed by atoms with Gasteiger partial charge >= 0.3 is 5.97 Å². The number of esters is 1. The van der Waals surface area contributed by atoms with Crippen molar-refractivity contribution in [2.45, 2.75) is 71.1 Å². The normalized spacial score (nSPS) is 26.3. The standard InChI is InChI=1S/C16H26N2O2S/c1-11(2)10-16(14(19)20-15(3,4)5)7-6-12(18-16)13-17-8-9-21-13/h8-9,11-12,18H,6-7,10H2,1-5H3/t12-,16-/m1/s1. The van der Waals surface area contributed by atoms with Crippen molar-refractivity contribution in [3.63, 3.8) is 0 Å². The molecular weight excluding hydrogens is 284 g/mol. The predicted octanol–water partition coefficient (Wildman–Crippen LogP) is 3.69. The van der Waals surface area contributed by atoms with E-state index in [1.54, 1.807) is 11.3 Å². The van der Waals surface area contributed by atoms with Gasteiger partial charge < -0.3 is 4.74 Å². The van der Waals surface area contributed by atoms with Crippen LogP contribution in [0.2, 0.25) is 0 Å². The summed E-state index contributed by atoms with van der Waals surface area (Å²) in [7, 11) is 0. The SMILES string of the molecule is CC(C)C[C@@]1(C(=O)OC(C)(C)C)CC[C@H](c2nccs2)N1. The Morgan fingerprint density at radius 1 is 1.57 bits per heavy atom. The van der Waals surface area contributed by atoms with Crippen LogP contribution in [0.4, 0.5) is 0 Å². The van der Waals surface area contributed by atoms with Gasteiger partial charge in [-0.25, -0.2) is 4.98 Å². The molecule has 0 radical (unpaired) electrons. The van der Waals surface area contributed by atoms with Gasteiger partial charge in [0.15, 0.2) is 0 Å². The number of hydrogen-bond acceptors (Lipinski definition) is 5. The number of ether oxygens (including phenoxy) is 1. The van der Waals surface area contributed by atoms with Gasteiger partial charge in [0.25, 0.3) is 0 Å². The highest BCUT2D eigenvalue weighted by Crippen LogP contribution is 2.38. The second-order valence-corrected chi connectivity index (χ2v) is 8.21. The number of nitrogens with zero attached hydrogens (tertiary/aromatic N) is 1. The third-order valence-corrected chi connectivity index (χ3v) is 4.50. The molecule has 0 spiro atoms. The third-order valence-electron chi connectivity index (χ3n) is 3.61. The van der Waals surface area contributed by atoms with E-state index in [0.717, 1.165) is 24.3 Å². The van der Waals surface area contributed by atoms with E-state index in [9.17, 15) is 4.79 Å². The molecule has 1 N–H and O–H groups in total. The first-order valence-corrected chi connectivity index (χ1v) is 8.50. The van der Waals surface area contributed by atoms with Gasteiger partial charge in [-0.2, -0.15) is 0 Å². The van der Waals surface area contributed by atoms with Crippen LogP contribution in [0.5, 0.6) is 0 Å². The van der Waals surface area contributed by atoms with Gasteiger partial charge in [-0.3, -0.25) is 10.1 Å². The molecule has 2 rings (SSSR count). The van der Waals surface area contributed by atoms with E-state index < -0.39 is 11.1 Å². The second-order valence-electron chi connectivity index (χ2n) is 7.29. The molecule has 1 aliphatic rings. The summed E-state index contributed by atoms with van der Waals surface area (Å²) in [6.07, 6.45) is 4.35. The first kappa shape index (κ1) is 16.4. The number of rotatable bonds is 4. The molecule has 0 aromatic carbocycles. The summed E-state index contributed by atoms with van der Waals surface area (Å²) in [6.45, 7) is 10.0. The molecule has 0 saturated carbocycles. The second kappa shape index (κ2) is 6.05. The maximum absolute atomic E-state index is 12.7. The average Bonchev–Trinajstić information content (AvgIpc) is 2.94. The number of hydrogen-bond donors (Lipinski definition) is 1. The maximum Gasteiger partial charge on any atom is 0.326 e. The Morgan fingerprint density at radius 3 is 2.81 bits per heavy atom. The summed E-state index contributed by atoms with van der Waals surface area (Å²) in [4.78, 5) is 17.1. The zero-order valence-corrected chi connectivity index (χ0v) is 14.4. The average molecular weight is 310 g/mol. The zero-order chi connectivity index (χ0) is 15.7. The van der Waals surface area contributed by atoms with Crippen molar-refractivity contribution >= 4 is 17.3 Å². The molecule has 1 aromatic heterocycles. The lowest BCUT2D eigenvalue weighted by atomic mass is 9.87. The first-order valence-electron chi connectivity index (χ1n) is 7.62. The fourth-order valence-corrected chi connectivity index (χ4v) is 3.66. The maximum atomic E-state index is 12.7. The van der Waals surface area contributed by atoms with Crippen molar-refractivity contribution in [2.24, 2.45) is 5.92 Å². The number of carbonyl (C=O) groups excluding carboxylic acids is 1. The Labute approximate surface area is 131 Å². The van der Waals surface area contributed by atoms with E-state index in [1.165, 1.54) is 0 Å². The Morgan fingerprint density at radius 2 is 2.29 bits per heavy atom. The van der Waals surface area contributed by atoms with Gasteiger partial charge in [0, 0.05) is 11.6 Å². The Kier molecular flexibility index (Phi) is 4.73. The summed E-state index contributed by atoms with van der Waals surface area (Å²) < 4.78 is 5.67. The van der Waals surface area contributed by atoms with Crippen molar-refractivity contribution in [3.8, 4) is 0 Å². The molecule has 1 fully saturated rings. The Hall–Kier alpha value is -0.940. The van der Waals surface area contributed by atoms with E-state index >= 15 is 0 Å². The monoisotopic (exact) mass is 310 g/mol. The fourth-order valence-electron chi connectivity index (χ4n) is 2.94. The molecule has 2 atom stereocenters. The molecule has 2 heterocycles. The van der Waals surface area contributed by atoms with Crippen molar-refractivity contribution in [1.82, 2.24) is 10.3 Å². The number of aromatic nitrogens is 1. The van der Waals surface area contributed by atoms with Gasteiger partial charge in [0.1, 0.15) is 16.1 Å². The molecule has 1 aliphatic heterocycles. The van der Waals surface area contributed by atoms with Gasteiger partial charge in [0.2, 0.25) is 0 Å². The molecular formula is C16H26N2O2S. The molecule has 0 amide bonds. The molecule has 0 aliphatic carbocycles. The van der Waals surface area contributed by atoms with Crippen molar-refractivity contribution in [3.05, 3.63) is 16.6 Å². The van der Waals surface area contributed by atoms with E-state index in [-0.39, 0.29) is 12.0 Å². The van der Waals surface area contributed by atoms with E-state index in [4.69, 9.17) is 4.74 Å². The highest BCUT2D eigenvalue weighted by atomic mass is 32.1. The first-order chi connectivity index (χ1) is 9.72. The lowest BCUT2D eigenvalue weighted by Crippen LogP contribution is -2.52. The lowest BCUT2D eigenvalue weighted by Gasteiger charge is -2.33. The minimum atomic E-state index is -0.572. The van der Waals surface area contributed by atoms with Crippen LogP contribution in [0.1, 0.15) is 64.9 Å². The Balaban J connectivity index is 2.17. The topological polar surface area (TPSA) is 51.2 Å². The van der Waals surface area contributed by atoms with Gasteiger partial charge in [-0.05, 0) is 46.0 Å². The molecule has 1 saturated heterocycles. The van der Waals surface area contributed by atoms with Crippen LogP contribution in [0, 0.1) is 5.92 Å². The van der Waals surface area contributed by atoms with Crippen molar-refractivity contribution in [1.29, 1.82) is 0 Å². The van der Waals surface area contributed by atoms with Crippen LogP contribution in [0.25, 0.3) is 0 Å². The van der Waals surface area contributed by atoms with Crippen LogP contribution in [0.3, 0.4) is 0 Å². The van der Waals surface area contributed by atoms with Crippen LogP contribution in [-0.4, -0.2) is 22.1 Å². The minimum Gasteiger partial charge on any atom is -0.459 e. The van der Waals surface area contributed by atoms with Crippen LogP contribution in [-0.2, 0) is 9.53 Å². The molecule has 21 heavy (non-hydrogen) atoms. The predicted molar refractivity (Wildman–Crippen MR) is 85.3 cm³/mol. The summed E-state index contributed by atoms with van der Waals surface area (Å²) in [5.74, 6) is 0.308. The largest absolute Gasteiger partial charge is 0.459 e.